The summed E-state index contributed by atoms with van der Waals surface area (Å²) in [6.45, 7) is 27.8. The zero-order valence-corrected chi connectivity index (χ0v) is 29.2. The van der Waals surface area contributed by atoms with Crippen LogP contribution in [0.2, 0.25) is 36.3 Å². The molecule has 0 aliphatic rings. The molecule has 220 valence electrons. The first-order valence-electron chi connectivity index (χ1n) is 14.0. The highest BCUT2D eigenvalue weighted by Crippen LogP contribution is 2.40. The molecule has 0 N–H and O–H groups in total. The Morgan fingerprint density at radius 3 is 1.92 bits per heavy atom. The van der Waals surface area contributed by atoms with Crippen molar-refractivity contribution < 1.29 is 22.1 Å². The first-order chi connectivity index (χ1) is 17.1. The lowest BCUT2D eigenvalue weighted by Crippen LogP contribution is -2.52. The van der Waals surface area contributed by atoms with Gasteiger partial charge in [0.2, 0.25) is 10.0 Å². The number of aldehydes is 1. The second-order valence-corrected chi connectivity index (χ2v) is 25.2. The molecule has 0 bridgehead atoms. The Hall–Kier alpha value is -0.846. The monoisotopic (exact) mass is 585 g/mol. The molecule has 6 nitrogen and oxygen atoms in total. The van der Waals surface area contributed by atoms with Crippen molar-refractivity contribution >= 4 is 32.9 Å². The summed E-state index contributed by atoms with van der Waals surface area (Å²) < 4.78 is 43.4. The van der Waals surface area contributed by atoms with E-state index in [9.17, 15) is 13.2 Å². The third-order valence-electron chi connectivity index (χ3n) is 8.38. The smallest absolute Gasteiger partial charge is 0.245 e. The highest BCUT2D eigenvalue weighted by Gasteiger charge is 2.43. The second-order valence-electron chi connectivity index (χ2n) is 13.8. The van der Waals surface area contributed by atoms with Gasteiger partial charge in [0.05, 0.1) is 4.90 Å². The lowest BCUT2D eigenvalue weighted by atomic mass is 9.94. The van der Waals surface area contributed by atoms with Crippen molar-refractivity contribution in [3.63, 3.8) is 0 Å². The lowest BCUT2D eigenvalue weighted by Gasteiger charge is -2.42. The molecule has 0 heterocycles. The largest absolute Gasteiger partial charge is 0.416 e. The minimum atomic E-state index is -3.89. The quantitative estimate of drug-likeness (QED) is 0.0959. The number of rotatable bonds is 14. The highest BCUT2D eigenvalue weighted by molar-refractivity contribution is 7.89. The second kappa shape index (κ2) is 13.2. The van der Waals surface area contributed by atoms with Crippen molar-refractivity contribution in [1.82, 2.24) is 4.31 Å². The van der Waals surface area contributed by atoms with Crippen molar-refractivity contribution in [1.29, 1.82) is 0 Å². The van der Waals surface area contributed by atoms with Crippen molar-refractivity contribution in [2.24, 2.45) is 0 Å². The Labute approximate surface area is 236 Å². The molecule has 0 unspecified atom stereocenters. The standard InChI is InChI=1S/C29H55NO5SSi2/c1-23(2)30(24(3)35-38(12,13)29(7,8)9)36(32,33)27-20-15-14-19-26(27)25(18-16-17-21-31)22-34-37(10,11)28(4,5)6/h14-15,19-21,23-25H,16-18,22H2,1-13H3/t24-,25+/m0/s1. The van der Waals surface area contributed by atoms with E-state index < -0.39 is 32.9 Å². The predicted molar refractivity (Wildman–Crippen MR) is 164 cm³/mol. The molecule has 0 aliphatic carbocycles. The topological polar surface area (TPSA) is 72.9 Å². The van der Waals surface area contributed by atoms with Gasteiger partial charge in [-0.2, -0.15) is 4.31 Å². The van der Waals surface area contributed by atoms with Gasteiger partial charge in [0.1, 0.15) is 12.5 Å². The van der Waals surface area contributed by atoms with E-state index in [-0.39, 0.29) is 22.0 Å². The van der Waals surface area contributed by atoms with Gasteiger partial charge in [-0.3, -0.25) is 0 Å². The summed E-state index contributed by atoms with van der Waals surface area (Å²) in [7, 11) is -8.17. The summed E-state index contributed by atoms with van der Waals surface area (Å²) in [6.07, 6.45) is 2.13. The summed E-state index contributed by atoms with van der Waals surface area (Å²) in [5, 5.41) is -0.00671. The molecule has 0 saturated heterocycles. The summed E-state index contributed by atoms with van der Waals surface area (Å²) in [5.74, 6) is -0.138. The van der Waals surface area contributed by atoms with Crippen LogP contribution in [0.1, 0.15) is 93.1 Å². The average molecular weight is 586 g/mol. The molecular formula is C29H55NO5SSi2. The SMILES string of the molecule is CC(C)N([C@H](C)O[Si](C)(C)C(C)(C)C)S(=O)(=O)c1ccccc1[C@H](CCCC=O)CO[Si](C)(C)C(C)(C)C. The van der Waals surface area contributed by atoms with Crippen molar-refractivity contribution in [3.8, 4) is 0 Å². The first kappa shape index (κ1) is 35.2. The number of carbonyl (C=O) groups is 1. The van der Waals surface area contributed by atoms with E-state index in [4.69, 9.17) is 8.85 Å². The van der Waals surface area contributed by atoms with E-state index in [1.807, 2.05) is 32.9 Å². The third-order valence-corrected chi connectivity index (χ3v) is 19.6. The zero-order valence-electron chi connectivity index (χ0n) is 26.3. The van der Waals surface area contributed by atoms with Crippen molar-refractivity contribution in [3.05, 3.63) is 29.8 Å². The van der Waals surface area contributed by atoms with Gasteiger partial charge in [-0.25, -0.2) is 8.42 Å². The maximum Gasteiger partial charge on any atom is 0.245 e. The minimum Gasteiger partial charge on any atom is -0.416 e. The maximum atomic E-state index is 14.3. The molecule has 0 saturated carbocycles. The van der Waals surface area contributed by atoms with Gasteiger partial charge < -0.3 is 13.6 Å². The van der Waals surface area contributed by atoms with Crippen LogP contribution in [-0.4, -0.2) is 54.5 Å². The highest BCUT2D eigenvalue weighted by atomic mass is 32.2. The van der Waals surface area contributed by atoms with Crippen LogP contribution in [0.4, 0.5) is 0 Å². The molecule has 0 fully saturated rings. The molecular weight excluding hydrogens is 531 g/mol. The molecule has 9 heteroatoms. The fourth-order valence-electron chi connectivity index (χ4n) is 4.02. The average Bonchev–Trinajstić information content (AvgIpc) is 2.73. The normalized spacial score (nSPS) is 15.7. The van der Waals surface area contributed by atoms with E-state index in [1.165, 1.54) is 4.31 Å². The lowest BCUT2D eigenvalue weighted by molar-refractivity contribution is -0.108. The number of unbranched alkanes of at least 4 members (excludes halogenated alkanes) is 1. The Balaban J connectivity index is 3.55. The molecule has 38 heavy (non-hydrogen) atoms. The summed E-state index contributed by atoms with van der Waals surface area (Å²) in [6, 6.07) is 7.00. The molecule has 0 aliphatic heterocycles. The molecule has 0 amide bonds. The number of carbonyl (C=O) groups excluding carboxylic acids is 1. The molecule has 1 aromatic carbocycles. The van der Waals surface area contributed by atoms with Crippen LogP contribution in [0, 0.1) is 0 Å². The summed E-state index contributed by atoms with van der Waals surface area (Å²) >= 11 is 0. The van der Waals surface area contributed by atoms with E-state index >= 15 is 0 Å². The van der Waals surface area contributed by atoms with Gasteiger partial charge in [0.15, 0.2) is 16.6 Å². The maximum absolute atomic E-state index is 14.3. The molecule has 2 atom stereocenters. The summed E-state index contributed by atoms with van der Waals surface area (Å²) in [5.41, 5.74) is 0.752. The molecule has 0 radical (unpaired) electrons. The Morgan fingerprint density at radius 2 is 1.45 bits per heavy atom. The zero-order chi connectivity index (χ0) is 29.7. The Morgan fingerprint density at radius 1 is 0.921 bits per heavy atom. The molecule has 1 aromatic rings. The van der Waals surface area contributed by atoms with Crippen molar-refractivity contribution in [2.75, 3.05) is 6.61 Å². The van der Waals surface area contributed by atoms with Crippen molar-refractivity contribution in [2.45, 2.75) is 141 Å². The van der Waals surface area contributed by atoms with Gasteiger partial charge in [0, 0.05) is 25.0 Å². The summed E-state index contributed by atoms with van der Waals surface area (Å²) in [4.78, 5) is 11.4. The van der Waals surface area contributed by atoms with E-state index in [2.05, 4.69) is 67.7 Å². The number of benzene rings is 1. The van der Waals surface area contributed by atoms with Crippen LogP contribution in [0.5, 0.6) is 0 Å². The molecule has 0 spiro atoms. The number of sulfonamides is 1. The first-order valence-corrected chi connectivity index (χ1v) is 21.2. The predicted octanol–water partition coefficient (Wildman–Crippen LogP) is 7.93. The number of nitrogens with zero attached hydrogens (tertiary/aromatic N) is 1. The Bertz CT molecular complexity index is 1010. The van der Waals surface area contributed by atoms with Gasteiger partial charge in [-0.1, -0.05) is 59.7 Å². The van der Waals surface area contributed by atoms with Crippen LogP contribution in [0.25, 0.3) is 0 Å². The van der Waals surface area contributed by atoms with Gasteiger partial charge in [-0.05, 0) is 81.5 Å². The molecule has 1 rings (SSSR count). The van der Waals surface area contributed by atoms with Crippen LogP contribution in [0.15, 0.2) is 29.2 Å². The van der Waals surface area contributed by atoms with Gasteiger partial charge in [-0.15, -0.1) is 0 Å². The fourth-order valence-corrected chi connectivity index (χ4v) is 8.46. The van der Waals surface area contributed by atoms with Crippen LogP contribution < -0.4 is 0 Å². The van der Waals surface area contributed by atoms with E-state index in [0.717, 1.165) is 11.8 Å². The van der Waals surface area contributed by atoms with E-state index in [1.54, 1.807) is 12.1 Å². The van der Waals surface area contributed by atoms with Crippen LogP contribution in [-0.2, 0) is 23.7 Å². The molecule has 0 aromatic heterocycles. The van der Waals surface area contributed by atoms with Gasteiger partial charge in [0.25, 0.3) is 0 Å². The van der Waals surface area contributed by atoms with Crippen LogP contribution in [0.3, 0.4) is 0 Å². The van der Waals surface area contributed by atoms with E-state index in [0.29, 0.717) is 30.8 Å². The third kappa shape index (κ3) is 8.83. The fraction of sp³-hybridized carbons (Fsp3) is 0.759. The van der Waals surface area contributed by atoms with Gasteiger partial charge >= 0.3 is 0 Å². The minimum absolute atomic E-state index is 0.0386. The number of hydrogen-bond acceptors (Lipinski definition) is 5. The number of hydrogen-bond donors (Lipinski definition) is 0. The Kier molecular flexibility index (Phi) is 12.2. The van der Waals surface area contributed by atoms with Crippen LogP contribution >= 0.6 is 0 Å².